The van der Waals surface area contributed by atoms with E-state index in [4.69, 9.17) is 0 Å². The Morgan fingerprint density at radius 3 is 2.52 bits per heavy atom. The van der Waals surface area contributed by atoms with E-state index in [1.807, 2.05) is 31.2 Å². The lowest BCUT2D eigenvalue weighted by Gasteiger charge is -2.15. The van der Waals surface area contributed by atoms with Gasteiger partial charge in [-0.15, -0.1) is 11.3 Å². The number of hydrogen-bond donors (Lipinski definition) is 2. The van der Waals surface area contributed by atoms with Crippen molar-refractivity contribution in [3.05, 3.63) is 87.6 Å². The first kappa shape index (κ1) is 17.4. The average Bonchev–Trinajstić information content (AvgIpc) is 3.11. The van der Waals surface area contributed by atoms with E-state index in [0.717, 1.165) is 11.3 Å². The van der Waals surface area contributed by atoms with Crippen LogP contribution in [0.2, 0.25) is 0 Å². The average molecular weight is 351 g/mol. The van der Waals surface area contributed by atoms with Crippen molar-refractivity contribution in [2.24, 2.45) is 0 Å². The molecule has 0 spiro atoms. The molecule has 2 aromatic carbocycles. The van der Waals surface area contributed by atoms with Crippen LogP contribution in [0.15, 0.2) is 66.0 Å². The maximum atomic E-state index is 12.3. The lowest BCUT2D eigenvalue weighted by atomic mass is 10.0. The topological polar surface area (TPSA) is 45.7 Å². The molecule has 0 saturated carbocycles. The number of amides is 1. The summed E-state index contributed by atoms with van der Waals surface area (Å²) in [6, 6.07) is 20.7. The molecule has 1 atom stereocenters. The van der Waals surface area contributed by atoms with E-state index >= 15 is 0 Å². The zero-order valence-corrected chi connectivity index (χ0v) is 15.3. The SMILES string of the molecule is Cc1ccc([C@@H]([NH2+]CC(=O)Nc2cccc(C)c2)c2cccs2)cc1. The molecule has 0 aliphatic carbocycles. The molecule has 0 radical (unpaired) electrons. The van der Waals surface area contributed by atoms with Gasteiger partial charge in [0, 0.05) is 11.3 Å². The van der Waals surface area contributed by atoms with Crippen molar-refractivity contribution >= 4 is 22.9 Å². The largest absolute Gasteiger partial charge is 0.328 e. The summed E-state index contributed by atoms with van der Waals surface area (Å²) in [6.07, 6.45) is 0. The summed E-state index contributed by atoms with van der Waals surface area (Å²) in [6.45, 7) is 4.49. The second-order valence-electron chi connectivity index (χ2n) is 6.26. The fourth-order valence-electron chi connectivity index (χ4n) is 2.82. The second kappa shape index (κ2) is 8.10. The van der Waals surface area contributed by atoms with Crippen LogP contribution in [0.1, 0.15) is 27.6 Å². The third kappa shape index (κ3) is 4.78. The minimum atomic E-state index is 0.0132. The molecule has 3 aromatic rings. The number of nitrogens with two attached hydrogens (primary N) is 1. The quantitative estimate of drug-likeness (QED) is 0.699. The third-order valence-electron chi connectivity index (χ3n) is 4.13. The van der Waals surface area contributed by atoms with Gasteiger partial charge in [-0.05, 0) is 43.0 Å². The van der Waals surface area contributed by atoms with Gasteiger partial charge in [0.2, 0.25) is 0 Å². The monoisotopic (exact) mass is 351 g/mol. The molecular weight excluding hydrogens is 328 g/mol. The Bertz CT molecular complexity index is 825. The highest BCUT2D eigenvalue weighted by atomic mass is 32.1. The molecule has 3 rings (SSSR count). The highest BCUT2D eigenvalue weighted by molar-refractivity contribution is 7.10. The van der Waals surface area contributed by atoms with Crippen LogP contribution in [0.5, 0.6) is 0 Å². The van der Waals surface area contributed by atoms with Crippen LogP contribution in [0, 0.1) is 13.8 Å². The minimum absolute atomic E-state index is 0.0132. The zero-order chi connectivity index (χ0) is 17.6. The van der Waals surface area contributed by atoms with Crippen LogP contribution in [0.3, 0.4) is 0 Å². The van der Waals surface area contributed by atoms with E-state index in [1.54, 1.807) is 11.3 Å². The number of nitrogens with one attached hydrogen (secondary N) is 1. The van der Waals surface area contributed by atoms with Gasteiger partial charge in [-0.2, -0.15) is 0 Å². The van der Waals surface area contributed by atoms with E-state index in [0.29, 0.717) is 6.54 Å². The third-order valence-corrected chi connectivity index (χ3v) is 5.08. The van der Waals surface area contributed by atoms with Gasteiger partial charge in [0.25, 0.3) is 5.91 Å². The van der Waals surface area contributed by atoms with Crippen molar-refractivity contribution in [3.8, 4) is 0 Å². The molecule has 0 unspecified atom stereocenters. The van der Waals surface area contributed by atoms with Crippen molar-refractivity contribution in [1.82, 2.24) is 0 Å². The standard InChI is InChI=1S/C21H22N2OS/c1-15-8-10-17(11-9-15)21(19-7-4-12-25-19)22-14-20(24)23-18-6-3-5-16(2)13-18/h3-13,21-22H,14H2,1-2H3,(H,23,24)/p+1/t21-/m1/s1. The first-order valence-electron chi connectivity index (χ1n) is 8.41. The van der Waals surface area contributed by atoms with Crippen LogP contribution in [0.4, 0.5) is 5.69 Å². The molecule has 0 aliphatic heterocycles. The summed E-state index contributed by atoms with van der Waals surface area (Å²) in [5.41, 5.74) is 4.45. The van der Waals surface area contributed by atoms with Gasteiger partial charge in [-0.25, -0.2) is 0 Å². The number of carbonyl (C=O) groups is 1. The van der Waals surface area contributed by atoms with E-state index in [9.17, 15) is 4.79 Å². The fourth-order valence-corrected chi connectivity index (χ4v) is 3.67. The van der Waals surface area contributed by atoms with Gasteiger partial charge in [-0.3, -0.25) is 4.79 Å². The Morgan fingerprint density at radius 1 is 1.04 bits per heavy atom. The highest BCUT2D eigenvalue weighted by Gasteiger charge is 2.20. The van der Waals surface area contributed by atoms with Crippen LogP contribution in [0.25, 0.3) is 0 Å². The summed E-state index contributed by atoms with van der Waals surface area (Å²) in [7, 11) is 0. The fraction of sp³-hybridized carbons (Fsp3) is 0.190. The number of rotatable bonds is 6. The predicted octanol–water partition coefficient (Wildman–Crippen LogP) is 3.66. The molecule has 0 bridgehead atoms. The molecule has 1 heterocycles. The number of carbonyl (C=O) groups excluding carboxylic acids is 1. The molecular formula is C21H23N2OS+. The molecule has 1 aromatic heterocycles. The molecule has 0 fully saturated rings. The van der Waals surface area contributed by atoms with E-state index in [2.05, 4.69) is 59.3 Å². The van der Waals surface area contributed by atoms with Gasteiger partial charge >= 0.3 is 0 Å². The Morgan fingerprint density at radius 2 is 1.84 bits per heavy atom. The van der Waals surface area contributed by atoms with Crippen LogP contribution >= 0.6 is 11.3 Å². The molecule has 0 saturated heterocycles. The molecule has 25 heavy (non-hydrogen) atoms. The van der Waals surface area contributed by atoms with Gasteiger partial charge < -0.3 is 10.6 Å². The second-order valence-corrected chi connectivity index (χ2v) is 7.24. The van der Waals surface area contributed by atoms with Crippen molar-refractivity contribution < 1.29 is 10.1 Å². The summed E-state index contributed by atoms with van der Waals surface area (Å²) in [4.78, 5) is 13.6. The Kier molecular flexibility index (Phi) is 5.64. The first-order valence-corrected chi connectivity index (χ1v) is 9.29. The number of hydrogen-bond acceptors (Lipinski definition) is 2. The minimum Gasteiger partial charge on any atom is -0.328 e. The summed E-state index contributed by atoms with van der Waals surface area (Å²) in [5.74, 6) is 0.0132. The van der Waals surface area contributed by atoms with E-state index < -0.39 is 0 Å². The maximum absolute atomic E-state index is 12.3. The Hall–Kier alpha value is -2.43. The molecule has 3 N–H and O–H groups in total. The van der Waals surface area contributed by atoms with E-state index in [-0.39, 0.29) is 11.9 Å². The molecule has 3 nitrogen and oxygen atoms in total. The normalized spacial score (nSPS) is 11.9. The molecule has 0 aliphatic rings. The highest BCUT2D eigenvalue weighted by Crippen LogP contribution is 2.23. The van der Waals surface area contributed by atoms with Gasteiger partial charge in [0.05, 0.1) is 4.88 Å². The lowest BCUT2D eigenvalue weighted by Crippen LogP contribution is -2.87. The van der Waals surface area contributed by atoms with Crippen molar-refractivity contribution in [2.75, 3.05) is 11.9 Å². The van der Waals surface area contributed by atoms with Gasteiger partial charge in [0.1, 0.15) is 6.04 Å². The number of thiophene rings is 1. The smallest absolute Gasteiger partial charge is 0.279 e. The van der Waals surface area contributed by atoms with E-state index in [1.165, 1.54) is 16.0 Å². The zero-order valence-electron chi connectivity index (χ0n) is 14.5. The summed E-state index contributed by atoms with van der Waals surface area (Å²) < 4.78 is 0. The molecule has 4 heteroatoms. The Labute approximate surface area is 152 Å². The molecule has 1 amide bonds. The van der Waals surface area contributed by atoms with Crippen molar-refractivity contribution in [2.45, 2.75) is 19.9 Å². The van der Waals surface area contributed by atoms with Crippen LogP contribution in [-0.4, -0.2) is 12.5 Å². The van der Waals surface area contributed by atoms with Crippen LogP contribution in [-0.2, 0) is 4.79 Å². The van der Waals surface area contributed by atoms with Crippen LogP contribution < -0.4 is 10.6 Å². The predicted molar refractivity (Wildman–Crippen MR) is 104 cm³/mol. The van der Waals surface area contributed by atoms with Gasteiger partial charge in [0.15, 0.2) is 6.54 Å². The summed E-state index contributed by atoms with van der Waals surface area (Å²) >= 11 is 1.72. The Balaban J connectivity index is 1.68. The van der Waals surface area contributed by atoms with Crippen molar-refractivity contribution in [1.29, 1.82) is 0 Å². The van der Waals surface area contributed by atoms with Crippen molar-refractivity contribution in [3.63, 3.8) is 0 Å². The maximum Gasteiger partial charge on any atom is 0.279 e. The number of quaternary nitrogens is 1. The lowest BCUT2D eigenvalue weighted by molar-refractivity contribution is -0.675. The molecule has 128 valence electrons. The number of aryl methyl sites for hydroxylation is 2. The number of benzene rings is 2. The summed E-state index contributed by atoms with van der Waals surface area (Å²) in [5, 5.41) is 7.16. The number of anilines is 1. The first-order chi connectivity index (χ1) is 12.1. The van der Waals surface area contributed by atoms with Gasteiger partial charge in [-0.1, -0.05) is 48.0 Å².